The predicted molar refractivity (Wildman–Crippen MR) is 91.9 cm³/mol. The summed E-state index contributed by atoms with van der Waals surface area (Å²) in [6.45, 7) is 1.98. The zero-order valence-corrected chi connectivity index (χ0v) is 13.6. The van der Waals surface area contributed by atoms with E-state index in [2.05, 4.69) is 30.4 Å². The summed E-state index contributed by atoms with van der Waals surface area (Å²) in [5.74, 6) is 0.349. The third-order valence-electron chi connectivity index (χ3n) is 6.17. The molecule has 4 unspecified atom stereocenters. The van der Waals surface area contributed by atoms with Gasteiger partial charge in [-0.3, -0.25) is 14.5 Å². The molecule has 5 rings (SSSR count). The maximum atomic E-state index is 13.0. The molecule has 2 amide bonds. The number of likely N-dealkylation sites (tertiary alicyclic amines) is 1. The van der Waals surface area contributed by atoms with Gasteiger partial charge in [-0.1, -0.05) is 54.6 Å². The molecule has 3 heteroatoms. The Labute approximate surface area is 141 Å². The van der Waals surface area contributed by atoms with Crippen LogP contribution < -0.4 is 0 Å². The maximum absolute atomic E-state index is 13.0. The van der Waals surface area contributed by atoms with Gasteiger partial charge in [0.15, 0.2) is 0 Å². The molecule has 2 fully saturated rings. The van der Waals surface area contributed by atoms with E-state index in [1.54, 1.807) is 4.90 Å². The van der Waals surface area contributed by atoms with Crippen molar-refractivity contribution in [2.45, 2.75) is 19.4 Å². The van der Waals surface area contributed by atoms with E-state index in [-0.39, 0.29) is 41.5 Å². The SMILES string of the molecule is C[C@H](c1cccc2ccccc12)N1C(=O)C2C3C=CC(C3)C2C1=O. The Kier molecular flexibility index (Phi) is 2.79. The van der Waals surface area contributed by atoms with E-state index in [1.165, 1.54) is 0 Å². The molecular formula is C21H19NO2. The Bertz CT molecular complexity index is 864. The van der Waals surface area contributed by atoms with Gasteiger partial charge in [-0.15, -0.1) is 0 Å². The van der Waals surface area contributed by atoms with Gasteiger partial charge in [-0.2, -0.15) is 0 Å². The van der Waals surface area contributed by atoms with Gasteiger partial charge in [-0.25, -0.2) is 0 Å². The number of carbonyl (C=O) groups is 2. The van der Waals surface area contributed by atoms with Crippen LogP contribution in [0.2, 0.25) is 0 Å². The molecule has 120 valence electrons. The number of allylic oxidation sites excluding steroid dienone is 2. The molecule has 0 radical (unpaired) electrons. The number of nitrogens with zero attached hydrogens (tertiary/aromatic N) is 1. The minimum atomic E-state index is -0.221. The van der Waals surface area contributed by atoms with Gasteiger partial charge in [0.1, 0.15) is 0 Å². The molecule has 3 aliphatic rings. The molecule has 1 saturated carbocycles. The smallest absolute Gasteiger partial charge is 0.234 e. The maximum Gasteiger partial charge on any atom is 0.234 e. The lowest BCUT2D eigenvalue weighted by atomic mass is 9.85. The minimum Gasteiger partial charge on any atom is -0.275 e. The van der Waals surface area contributed by atoms with Gasteiger partial charge in [0.05, 0.1) is 17.9 Å². The first-order valence-electron chi connectivity index (χ1n) is 8.69. The Morgan fingerprint density at radius 2 is 1.54 bits per heavy atom. The molecule has 2 aromatic rings. The van der Waals surface area contributed by atoms with Gasteiger partial charge in [0, 0.05) is 0 Å². The van der Waals surface area contributed by atoms with E-state index in [0.29, 0.717) is 0 Å². The number of hydrogen-bond acceptors (Lipinski definition) is 2. The predicted octanol–water partition coefficient (Wildman–Crippen LogP) is 3.71. The number of carbonyl (C=O) groups excluding carboxylic acids is 2. The summed E-state index contributed by atoms with van der Waals surface area (Å²) in [4.78, 5) is 27.6. The first-order chi connectivity index (χ1) is 11.7. The van der Waals surface area contributed by atoms with Crippen LogP contribution in [0.1, 0.15) is 24.9 Å². The number of benzene rings is 2. The Hall–Kier alpha value is -2.42. The average Bonchev–Trinajstić information content (AvgIpc) is 3.28. The van der Waals surface area contributed by atoms with Crippen LogP contribution in [-0.4, -0.2) is 16.7 Å². The van der Waals surface area contributed by atoms with Crippen molar-refractivity contribution in [1.82, 2.24) is 4.90 Å². The first-order valence-corrected chi connectivity index (χ1v) is 8.69. The highest BCUT2D eigenvalue weighted by Gasteiger charge is 2.60. The second-order valence-electron chi connectivity index (χ2n) is 7.29. The standard InChI is InChI=1S/C21H19NO2/c1-12(16-8-4-6-13-5-2-3-7-17(13)16)22-20(23)18-14-9-10-15(11-14)19(18)21(22)24/h2-10,12,14-15,18-19H,11H2,1H3/t12-,14?,15?,18?,19?/m1/s1. The van der Waals surface area contributed by atoms with Crippen LogP contribution in [0.3, 0.4) is 0 Å². The first kappa shape index (κ1) is 14.0. The summed E-state index contributed by atoms with van der Waals surface area (Å²) < 4.78 is 0. The van der Waals surface area contributed by atoms with E-state index >= 15 is 0 Å². The zero-order valence-electron chi connectivity index (χ0n) is 13.6. The van der Waals surface area contributed by atoms with Crippen molar-refractivity contribution in [3.8, 4) is 0 Å². The van der Waals surface area contributed by atoms with Crippen LogP contribution in [0, 0.1) is 23.7 Å². The van der Waals surface area contributed by atoms with Crippen molar-refractivity contribution in [2.24, 2.45) is 23.7 Å². The highest BCUT2D eigenvalue weighted by atomic mass is 16.2. The van der Waals surface area contributed by atoms with Crippen molar-refractivity contribution in [1.29, 1.82) is 0 Å². The van der Waals surface area contributed by atoms with Crippen molar-refractivity contribution < 1.29 is 9.59 Å². The fourth-order valence-electron chi connectivity index (χ4n) is 5.06. The highest BCUT2D eigenvalue weighted by Crippen LogP contribution is 2.53. The highest BCUT2D eigenvalue weighted by molar-refractivity contribution is 6.07. The summed E-state index contributed by atoms with van der Waals surface area (Å²) in [7, 11) is 0. The molecule has 24 heavy (non-hydrogen) atoms. The molecule has 5 atom stereocenters. The van der Waals surface area contributed by atoms with E-state index in [0.717, 1.165) is 22.8 Å². The number of imide groups is 1. The summed E-state index contributed by atoms with van der Waals surface area (Å²) in [6, 6.07) is 14.0. The van der Waals surface area contributed by atoms with Crippen LogP contribution in [0.4, 0.5) is 0 Å². The second-order valence-corrected chi connectivity index (χ2v) is 7.29. The normalized spacial score (nSPS) is 32.0. The van der Waals surface area contributed by atoms with Gasteiger partial charge >= 0.3 is 0 Å². The summed E-state index contributed by atoms with van der Waals surface area (Å²) in [6.07, 6.45) is 5.26. The largest absolute Gasteiger partial charge is 0.275 e. The van der Waals surface area contributed by atoms with Crippen molar-refractivity contribution in [3.05, 3.63) is 60.2 Å². The molecule has 3 nitrogen and oxygen atoms in total. The quantitative estimate of drug-likeness (QED) is 0.625. The van der Waals surface area contributed by atoms with Crippen LogP contribution in [0.15, 0.2) is 54.6 Å². The monoisotopic (exact) mass is 317 g/mol. The van der Waals surface area contributed by atoms with E-state index in [1.807, 2.05) is 31.2 Å². The van der Waals surface area contributed by atoms with Gasteiger partial charge < -0.3 is 0 Å². The third kappa shape index (κ3) is 1.67. The van der Waals surface area contributed by atoms with Crippen LogP contribution in [0.25, 0.3) is 10.8 Å². The molecule has 0 spiro atoms. The summed E-state index contributed by atoms with van der Waals surface area (Å²) >= 11 is 0. The summed E-state index contributed by atoms with van der Waals surface area (Å²) in [5.41, 5.74) is 1.05. The molecule has 2 bridgehead atoms. The Morgan fingerprint density at radius 3 is 2.25 bits per heavy atom. The molecule has 0 aromatic heterocycles. The molecule has 1 aliphatic heterocycles. The van der Waals surface area contributed by atoms with Crippen molar-refractivity contribution >= 4 is 22.6 Å². The number of fused-ring (bicyclic) bond motifs is 6. The third-order valence-corrected chi connectivity index (χ3v) is 6.17. The molecule has 0 N–H and O–H groups in total. The number of hydrogen-bond donors (Lipinski definition) is 0. The minimum absolute atomic E-state index is 0.0299. The molecular weight excluding hydrogens is 298 g/mol. The Balaban J connectivity index is 1.57. The number of rotatable bonds is 2. The van der Waals surface area contributed by atoms with Crippen LogP contribution in [0.5, 0.6) is 0 Å². The molecule has 2 aromatic carbocycles. The van der Waals surface area contributed by atoms with E-state index in [9.17, 15) is 9.59 Å². The average molecular weight is 317 g/mol. The van der Waals surface area contributed by atoms with Crippen molar-refractivity contribution in [3.63, 3.8) is 0 Å². The molecule has 1 saturated heterocycles. The van der Waals surface area contributed by atoms with Crippen molar-refractivity contribution in [2.75, 3.05) is 0 Å². The Morgan fingerprint density at radius 1 is 0.917 bits per heavy atom. The van der Waals surface area contributed by atoms with Gasteiger partial charge in [-0.05, 0) is 41.5 Å². The fourth-order valence-corrected chi connectivity index (χ4v) is 5.06. The second kappa shape index (κ2) is 4.79. The zero-order chi connectivity index (χ0) is 16.4. The lowest BCUT2D eigenvalue weighted by Gasteiger charge is -2.26. The van der Waals surface area contributed by atoms with Crippen LogP contribution in [-0.2, 0) is 9.59 Å². The molecule has 2 aliphatic carbocycles. The summed E-state index contributed by atoms with van der Waals surface area (Å²) in [5, 5.41) is 2.26. The topological polar surface area (TPSA) is 37.4 Å². The van der Waals surface area contributed by atoms with Crippen LogP contribution >= 0.6 is 0 Å². The number of amides is 2. The van der Waals surface area contributed by atoms with Gasteiger partial charge in [0.25, 0.3) is 0 Å². The van der Waals surface area contributed by atoms with Gasteiger partial charge in [0.2, 0.25) is 11.8 Å². The molecule has 1 heterocycles. The van der Waals surface area contributed by atoms with E-state index in [4.69, 9.17) is 0 Å². The lowest BCUT2D eigenvalue weighted by Crippen LogP contribution is -2.35. The van der Waals surface area contributed by atoms with E-state index < -0.39 is 0 Å². The fraction of sp³-hybridized carbons (Fsp3) is 0.333. The lowest BCUT2D eigenvalue weighted by molar-refractivity contribution is -0.143.